The van der Waals surface area contributed by atoms with Crippen molar-refractivity contribution in [2.75, 3.05) is 0 Å². The molecule has 1 aliphatic heterocycles. The lowest BCUT2D eigenvalue weighted by Gasteiger charge is -2.18. The minimum Gasteiger partial charge on any atom is -0.309 e. The Hall–Kier alpha value is -6.04. The van der Waals surface area contributed by atoms with Crippen LogP contribution in [0.4, 0.5) is 0 Å². The van der Waals surface area contributed by atoms with Crippen LogP contribution in [0.1, 0.15) is 5.82 Å². The van der Waals surface area contributed by atoms with E-state index in [1.807, 2.05) is 11.8 Å². The summed E-state index contributed by atoms with van der Waals surface area (Å²) in [7, 11) is 0. The highest BCUT2D eigenvalue weighted by Gasteiger charge is 2.22. The summed E-state index contributed by atoms with van der Waals surface area (Å²) in [5.74, 6) is 1.98. The van der Waals surface area contributed by atoms with Crippen LogP contribution in [-0.2, 0) is 5.75 Å². The second-order valence-electron chi connectivity index (χ2n) is 12.8. The molecular formula is C44H28N4S. The van der Waals surface area contributed by atoms with Gasteiger partial charge in [0.1, 0.15) is 5.82 Å². The molecule has 11 rings (SSSR count). The number of rotatable bonds is 3. The van der Waals surface area contributed by atoms with Crippen LogP contribution >= 0.6 is 11.8 Å². The van der Waals surface area contributed by atoms with Crippen LogP contribution in [-0.4, -0.2) is 18.7 Å². The lowest BCUT2D eigenvalue weighted by atomic mass is 10.0. The van der Waals surface area contributed by atoms with Crippen LogP contribution in [0.25, 0.3) is 82.8 Å². The molecule has 0 saturated carbocycles. The molecule has 4 heterocycles. The average Bonchev–Trinajstić information content (AvgIpc) is 3.82. The van der Waals surface area contributed by atoms with E-state index in [2.05, 4.69) is 171 Å². The zero-order valence-electron chi connectivity index (χ0n) is 26.4. The minimum atomic E-state index is 0.873. The predicted molar refractivity (Wildman–Crippen MR) is 205 cm³/mol. The Labute approximate surface area is 286 Å². The van der Waals surface area contributed by atoms with Crippen LogP contribution in [0, 0.1) is 0 Å². The van der Waals surface area contributed by atoms with Crippen molar-refractivity contribution >= 4 is 66.4 Å². The number of fused-ring (bicyclic) bond motifs is 11. The fourth-order valence-electron chi connectivity index (χ4n) is 7.96. The lowest BCUT2D eigenvalue weighted by molar-refractivity contribution is 0.945. The number of hydrogen-bond donors (Lipinski definition) is 0. The predicted octanol–water partition coefficient (Wildman–Crippen LogP) is 11.5. The quantitative estimate of drug-likeness (QED) is 0.191. The maximum atomic E-state index is 5.03. The molecule has 0 atom stereocenters. The summed E-state index contributed by atoms with van der Waals surface area (Å²) >= 11 is 1.86. The van der Waals surface area contributed by atoms with Crippen molar-refractivity contribution in [1.82, 2.24) is 18.7 Å². The van der Waals surface area contributed by atoms with E-state index in [4.69, 9.17) is 4.98 Å². The third-order valence-corrected chi connectivity index (χ3v) is 11.2. The summed E-state index contributed by atoms with van der Waals surface area (Å²) in [5, 5.41) is 5.02. The molecule has 5 heteroatoms. The molecule has 10 aromatic rings. The number of thioether (sulfide) groups is 1. The SMILES string of the molecule is c1ccc(-n2c3ccccc3c3cc(-c4ccc5c(c4)c4ccccc4n5-c4ccc5nc6n(c5c4)-c4ccccc4SC6)ccc32)cc1. The first-order chi connectivity index (χ1) is 24.3. The van der Waals surface area contributed by atoms with Gasteiger partial charge in [-0.2, -0.15) is 0 Å². The zero-order chi connectivity index (χ0) is 32.1. The number of nitrogens with zero attached hydrogens (tertiary/aromatic N) is 4. The number of aromatic nitrogens is 4. The van der Waals surface area contributed by atoms with Gasteiger partial charge in [0.25, 0.3) is 0 Å². The van der Waals surface area contributed by atoms with Crippen molar-refractivity contribution < 1.29 is 0 Å². The molecule has 0 radical (unpaired) electrons. The first-order valence-electron chi connectivity index (χ1n) is 16.7. The highest BCUT2D eigenvalue weighted by molar-refractivity contribution is 7.98. The van der Waals surface area contributed by atoms with Crippen molar-refractivity contribution in [3.05, 3.63) is 164 Å². The van der Waals surface area contributed by atoms with Gasteiger partial charge in [-0.3, -0.25) is 4.57 Å². The molecule has 0 bridgehead atoms. The van der Waals surface area contributed by atoms with Crippen LogP contribution in [0.5, 0.6) is 0 Å². The van der Waals surface area contributed by atoms with Gasteiger partial charge in [-0.15, -0.1) is 11.8 Å². The zero-order valence-corrected chi connectivity index (χ0v) is 27.2. The average molecular weight is 645 g/mol. The van der Waals surface area contributed by atoms with Crippen molar-refractivity contribution in [2.45, 2.75) is 10.6 Å². The van der Waals surface area contributed by atoms with Gasteiger partial charge < -0.3 is 9.13 Å². The highest BCUT2D eigenvalue weighted by atomic mass is 32.2. The summed E-state index contributed by atoms with van der Waals surface area (Å²) < 4.78 is 7.13. The maximum Gasteiger partial charge on any atom is 0.124 e. The third kappa shape index (κ3) is 3.91. The Bertz CT molecular complexity index is 2940. The van der Waals surface area contributed by atoms with Crippen molar-refractivity contribution in [3.8, 4) is 28.2 Å². The third-order valence-electron chi connectivity index (χ3n) is 10.1. The van der Waals surface area contributed by atoms with Gasteiger partial charge in [0.2, 0.25) is 0 Å². The van der Waals surface area contributed by atoms with Gasteiger partial charge in [-0.1, -0.05) is 78.9 Å². The summed E-state index contributed by atoms with van der Waals surface area (Å²) in [6.07, 6.45) is 0. The molecule has 0 spiro atoms. The Balaban J connectivity index is 1.10. The van der Waals surface area contributed by atoms with Crippen LogP contribution < -0.4 is 0 Å². The molecule has 0 N–H and O–H groups in total. The highest BCUT2D eigenvalue weighted by Crippen LogP contribution is 2.40. The number of para-hydroxylation sites is 4. The van der Waals surface area contributed by atoms with E-state index in [1.54, 1.807) is 0 Å². The largest absolute Gasteiger partial charge is 0.309 e. The molecule has 0 unspecified atom stereocenters. The Kier molecular flexibility index (Phi) is 5.63. The molecule has 0 aliphatic carbocycles. The van der Waals surface area contributed by atoms with Crippen LogP contribution in [0.2, 0.25) is 0 Å². The lowest BCUT2D eigenvalue weighted by Crippen LogP contribution is -2.06. The summed E-state index contributed by atoms with van der Waals surface area (Å²) in [5.41, 5.74) is 13.0. The van der Waals surface area contributed by atoms with E-state index in [0.717, 1.165) is 28.3 Å². The second-order valence-corrected chi connectivity index (χ2v) is 13.8. The Morgan fingerprint density at radius 2 is 1.02 bits per heavy atom. The molecule has 0 saturated heterocycles. The van der Waals surface area contributed by atoms with Gasteiger partial charge >= 0.3 is 0 Å². The Morgan fingerprint density at radius 3 is 1.73 bits per heavy atom. The smallest absolute Gasteiger partial charge is 0.124 e. The van der Waals surface area contributed by atoms with Gasteiger partial charge in [-0.05, 0) is 90.0 Å². The first-order valence-corrected chi connectivity index (χ1v) is 17.6. The molecule has 230 valence electrons. The maximum absolute atomic E-state index is 5.03. The molecule has 3 aromatic heterocycles. The second kappa shape index (κ2) is 10.2. The van der Waals surface area contributed by atoms with Gasteiger partial charge in [0.05, 0.1) is 44.5 Å². The number of hydrogen-bond acceptors (Lipinski definition) is 2. The normalized spacial score (nSPS) is 12.7. The van der Waals surface area contributed by atoms with Gasteiger partial charge in [0, 0.05) is 37.8 Å². The van der Waals surface area contributed by atoms with E-state index in [9.17, 15) is 0 Å². The molecule has 0 fully saturated rings. The van der Waals surface area contributed by atoms with Gasteiger partial charge in [-0.25, -0.2) is 4.98 Å². The fraction of sp³-hybridized carbons (Fsp3) is 0.0227. The fourth-order valence-corrected chi connectivity index (χ4v) is 8.92. The van der Waals surface area contributed by atoms with E-state index in [1.165, 1.54) is 71.0 Å². The molecular weight excluding hydrogens is 617 g/mol. The van der Waals surface area contributed by atoms with Crippen molar-refractivity contribution in [1.29, 1.82) is 0 Å². The monoisotopic (exact) mass is 644 g/mol. The molecule has 1 aliphatic rings. The molecule has 49 heavy (non-hydrogen) atoms. The van der Waals surface area contributed by atoms with E-state index in [0.29, 0.717) is 0 Å². The molecule has 4 nitrogen and oxygen atoms in total. The first kappa shape index (κ1) is 27.0. The Morgan fingerprint density at radius 1 is 0.429 bits per heavy atom. The molecule has 0 amide bonds. The minimum absolute atomic E-state index is 0.873. The van der Waals surface area contributed by atoms with E-state index < -0.39 is 0 Å². The van der Waals surface area contributed by atoms with E-state index in [-0.39, 0.29) is 0 Å². The van der Waals surface area contributed by atoms with Crippen LogP contribution in [0.3, 0.4) is 0 Å². The van der Waals surface area contributed by atoms with Crippen molar-refractivity contribution in [2.24, 2.45) is 0 Å². The summed E-state index contributed by atoms with van der Waals surface area (Å²) in [6, 6.07) is 57.4. The molecule has 7 aromatic carbocycles. The number of benzene rings is 7. The van der Waals surface area contributed by atoms with E-state index >= 15 is 0 Å². The topological polar surface area (TPSA) is 27.7 Å². The standard InChI is InChI=1S/C44H28N4S/c1-2-10-30(11-3-1)46-37-14-6-4-12-32(37)34-24-28(18-22-39(34)46)29-19-23-40-35(25-29)33-13-5-7-15-38(33)47(40)31-20-21-36-42(26-31)48-41-16-8-9-17-43(41)49-27-44(48)45-36/h1-26H,27H2. The summed E-state index contributed by atoms with van der Waals surface area (Å²) in [4.78, 5) is 6.33. The summed E-state index contributed by atoms with van der Waals surface area (Å²) in [6.45, 7) is 0. The van der Waals surface area contributed by atoms with Gasteiger partial charge in [0.15, 0.2) is 0 Å². The number of imidazole rings is 1. The van der Waals surface area contributed by atoms with Crippen LogP contribution in [0.15, 0.2) is 163 Å². The van der Waals surface area contributed by atoms with Crippen molar-refractivity contribution in [3.63, 3.8) is 0 Å².